The molecule has 0 radical (unpaired) electrons. The van der Waals surface area contributed by atoms with Crippen LogP contribution in [0.4, 0.5) is 5.69 Å². The third-order valence-corrected chi connectivity index (χ3v) is 4.53. The Hall–Kier alpha value is -1.61. The van der Waals surface area contributed by atoms with Gasteiger partial charge < -0.3 is 10.2 Å². The number of rotatable bonds is 5. The molecule has 0 aliphatic carbocycles. The minimum Gasteiger partial charge on any atom is -0.384 e. The molecule has 1 fully saturated rings. The second kappa shape index (κ2) is 6.90. The predicted octanol–water partition coefficient (Wildman–Crippen LogP) is 3.91. The molecule has 112 valence electrons. The predicted molar refractivity (Wildman–Crippen MR) is 89.7 cm³/mol. The molecule has 21 heavy (non-hydrogen) atoms. The normalized spacial score (nSPS) is 19.8. The monoisotopic (exact) mass is 283 g/mol. The zero-order valence-electron chi connectivity index (χ0n) is 12.9. The number of piperidine rings is 1. The van der Waals surface area contributed by atoms with Crippen LogP contribution in [-0.4, -0.2) is 35.6 Å². The molecule has 2 heterocycles. The number of benzene rings is 1. The molecule has 0 amide bonds. The quantitative estimate of drug-likeness (QED) is 0.843. The Morgan fingerprint density at radius 2 is 2.14 bits per heavy atom. The molecule has 1 aliphatic heterocycles. The lowest BCUT2D eigenvalue weighted by atomic mass is 10.0. The first-order chi connectivity index (χ1) is 10.3. The van der Waals surface area contributed by atoms with Gasteiger partial charge in [-0.2, -0.15) is 0 Å². The molecule has 1 aliphatic rings. The van der Waals surface area contributed by atoms with Crippen LogP contribution in [0.1, 0.15) is 32.6 Å². The van der Waals surface area contributed by atoms with Crippen LogP contribution < -0.4 is 5.32 Å². The summed E-state index contributed by atoms with van der Waals surface area (Å²) >= 11 is 0. The number of nitrogens with zero attached hydrogens (tertiary/aromatic N) is 2. The Morgan fingerprint density at radius 3 is 3.05 bits per heavy atom. The third kappa shape index (κ3) is 3.53. The van der Waals surface area contributed by atoms with E-state index in [-0.39, 0.29) is 0 Å². The summed E-state index contributed by atoms with van der Waals surface area (Å²) < 4.78 is 0. The van der Waals surface area contributed by atoms with Crippen molar-refractivity contribution in [3.63, 3.8) is 0 Å². The van der Waals surface area contributed by atoms with Gasteiger partial charge in [-0.15, -0.1) is 0 Å². The lowest BCUT2D eigenvalue weighted by Gasteiger charge is -2.33. The molecule has 2 aromatic rings. The number of anilines is 1. The number of nitrogens with one attached hydrogen (secondary N) is 1. The highest BCUT2D eigenvalue weighted by molar-refractivity contribution is 5.90. The van der Waals surface area contributed by atoms with E-state index >= 15 is 0 Å². The van der Waals surface area contributed by atoms with E-state index < -0.39 is 0 Å². The molecule has 0 bridgehead atoms. The average Bonchev–Trinajstić information content (AvgIpc) is 2.53. The van der Waals surface area contributed by atoms with Crippen LogP contribution in [0, 0.1) is 0 Å². The van der Waals surface area contributed by atoms with Crippen molar-refractivity contribution < 1.29 is 0 Å². The van der Waals surface area contributed by atoms with Crippen LogP contribution in [0.15, 0.2) is 36.5 Å². The van der Waals surface area contributed by atoms with Gasteiger partial charge >= 0.3 is 0 Å². The van der Waals surface area contributed by atoms with Gasteiger partial charge in [0.25, 0.3) is 0 Å². The van der Waals surface area contributed by atoms with E-state index in [1.807, 2.05) is 12.3 Å². The maximum atomic E-state index is 4.41. The molecule has 3 rings (SSSR count). The highest BCUT2D eigenvalue weighted by atomic mass is 15.2. The number of hydrogen-bond donors (Lipinski definition) is 1. The van der Waals surface area contributed by atoms with E-state index in [1.165, 1.54) is 49.8 Å². The second-order valence-corrected chi connectivity index (χ2v) is 6.04. The summed E-state index contributed by atoms with van der Waals surface area (Å²) in [7, 11) is 0. The van der Waals surface area contributed by atoms with E-state index in [4.69, 9.17) is 0 Å². The SMILES string of the molecule is CC1CCCCN1CCCNc1ccnc2ccccc12. The van der Waals surface area contributed by atoms with Crippen molar-refractivity contribution >= 4 is 16.6 Å². The minimum absolute atomic E-state index is 0.764. The van der Waals surface area contributed by atoms with Gasteiger partial charge in [-0.3, -0.25) is 4.98 Å². The molecule has 1 unspecified atom stereocenters. The topological polar surface area (TPSA) is 28.2 Å². The van der Waals surface area contributed by atoms with E-state index in [0.717, 1.165) is 18.1 Å². The van der Waals surface area contributed by atoms with Crippen LogP contribution >= 0.6 is 0 Å². The number of likely N-dealkylation sites (tertiary alicyclic amines) is 1. The molecule has 3 nitrogen and oxygen atoms in total. The third-order valence-electron chi connectivity index (χ3n) is 4.53. The summed E-state index contributed by atoms with van der Waals surface area (Å²) in [6.07, 6.45) is 7.21. The van der Waals surface area contributed by atoms with Crippen LogP contribution in [0.3, 0.4) is 0 Å². The average molecular weight is 283 g/mol. The molecule has 1 aromatic carbocycles. The number of fused-ring (bicyclic) bond motifs is 1. The standard InChI is InChI=1S/C18H25N3/c1-15-7-4-5-13-21(15)14-6-11-19-18-10-12-20-17-9-3-2-8-16(17)18/h2-3,8-10,12,15H,4-7,11,13-14H2,1H3,(H,19,20). The van der Waals surface area contributed by atoms with Gasteiger partial charge in [0.1, 0.15) is 0 Å². The van der Waals surface area contributed by atoms with E-state index in [1.54, 1.807) is 0 Å². The highest BCUT2D eigenvalue weighted by Crippen LogP contribution is 2.21. The van der Waals surface area contributed by atoms with Gasteiger partial charge in [0.05, 0.1) is 5.52 Å². The van der Waals surface area contributed by atoms with E-state index in [9.17, 15) is 0 Å². The fourth-order valence-corrected chi connectivity index (χ4v) is 3.25. The number of pyridine rings is 1. The number of hydrogen-bond acceptors (Lipinski definition) is 3. The van der Waals surface area contributed by atoms with Crippen molar-refractivity contribution in [3.8, 4) is 0 Å². The van der Waals surface area contributed by atoms with Gasteiger partial charge in [-0.1, -0.05) is 24.6 Å². The van der Waals surface area contributed by atoms with Crippen molar-refractivity contribution in [2.24, 2.45) is 0 Å². The van der Waals surface area contributed by atoms with Crippen molar-refractivity contribution in [2.45, 2.75) is 38.6 Å². The molecule has 1 N–H and O–H groups in total. The van der Waals surface area contributed by atoms with Crippen LogP contribution in [0.5, 0.6) is 0 Å². The lowest BCUT2D eigenvalue weighted by Crippen LogP contribution is -2.38. The Bertz CT molecular complexity index is 576. The number of aromatic nitrogens is 1. The first kappa shape index (κ1) is 14.3. The molecular weight excluding hydrogens is 258 g/mol. The Morgan fingerprint density at radius 1 is 1.24 bits per heavy atom. The smallest absolute Gasteiger partial charge is 0.0722 e. The summed E-state index contributed by atoms with van der Waals surface area (Å²) in [4.78, 5) is 7.04. The fraction of sp³-hybridized carbons (Fsp3) is 0.500. The molecule has 0 saturated carbocycles. The zero-order chi connectivity index (χ0) is 14.5. The van der Waals surface area contributed by atoms with Crippen molar-refractivity contribution in [1.82, 2.24) is 9.88 Å². The largest absolute Gasteiger partial charge is 0.384 e. The van der Waals surface area contributed by atoms with Crippen molar-refractivity contribution in [1.29, 1.82) is 0 Å². The maximum Gasteiger partial charge on any atom is 0.0722 e. The Balaban J connectivity index is 1.52. The van der Waals surface area contributed by atoms with Crippen molar-refractivity contribution in [2.75, 3.05) is 25.0 Å². The molecular formula is C18H25N3. The molecule has 0 spiro atoms. The van der Waals surface area contributed by atoms with Gasteiger partial charge in [-0.05, 0) is 44.9 Å². The fourth-order valence-electron chi connectivity index (χ4n) is 3.25. The maximum absolute atomic E-state index is 4.41. The Kier molecular flexibility index (Phi) is 4.71. The number of para-hydroxylation sites is 1. The highest BCUT2D eigenvalue weighted by Gasteiger charge is 2.16. The minimum atomic E-state index is 0.764. The molecule has 3 heteroatoms. The first-order valence-corrected chi connectivity index (χ1v) is 8.16. The van der Waals surface area contributed by atoms with Gasteiger partial charge in [0.15, 0.2) is 0 Å². The van der Waals surface area contributed by atoms with Crippen LogP contribution in [-0.2, 0) is 0 Å². The lowest BCUT2D eigenvalue weighted by molar-refractivity contribution is 0.160. The molecule has 1 aromatic heterocycles. The van der Waals surface area contributed by atoms with Crippen LogP contribution in [0.25, 0.3) is 10.9 Å². The van der Waals surface area contributed by atoms with Crippen molar-refractivity contribution in [3.05, 3.63) is 36.5 Å². The summed E-state index contributed by atoms with van der Waals surface area (Å²) in [6.45, 7) is 5.87. The summed E-state index contributed by atoms with van der Waals surface area (Å²) in [5, 5.41) is 4.79. The van der Waals surface area contributed by atoms with E-state index in [0.29, 0.717) is 0 Å². The van der Waals surface area contributed by atoms with Crippen LogP contribution in [0.2, 0.25) is 0 Å². The molecule has 1 saturated heterocycles. The zero-order valence-corrected chi connectivity index (χ0v) is 12.9. The van der Waals surface area contributed by atoms with Gasteiger partial charge in [0.2, 0.25) is 0 Å². The Labute approximate surface area is 127 Å². The summed E-state index contributed by atoms with van der Waals surface area (Å²) in [6, 6.07) is 11.2. The van der Waals surface area contributed by atoms with Gasteiger partial charge in [-0.25, -0.2) is 0 Å². The molecule has 1 atom stereocenters. The second-order valence-electron chi connectivity index (χ2n) is 6.04. The summed E-state index contributed by atoms with van der Waals surface area (Å²) in [5.74, 6) is 0. The summed E-state index contributed by atoms with van der Waals surface area (Å²) in [5.41, 5.74) is 2.26. The van der Waals surface area contributed by atoms with E-state index in [2.05, 4.69) is 46.4 Å². The van der Waals surface area contributed by atoms with Gasteiger partial charge in [0, 0.05) is 36.4 Å². The first-order valence-electron chi connectivity index (χ1n) is 8.16.